The zero-order chi connectivity index (χ0) is 17.3. The lowest BCUT2D eigenvalue weighted by Gasteiger charge is -2.17. The zero-order valence-electron chi connectivity index (χ0n) is 13.6. The van der Waals surface area contributed by atoms with Gasteiger partial charge in [-0.05, 0) is 28.8 Å². The molecule has 1 heterocycles. The van der Waals surface area contributed by atoms with E-state index >= 15 is 0 Å². The van der Waals surface area contributed by atoms with Crippen molar-refractivity contribution in [2.75, 3.05) is 0 Å². The van der Waals surface area contributed by atoms with Gasteiger partial charge in [0.15, 0.2) is 0 Å². The van der Waals surface area contributed by atoms with Crippen molar-refractivity contribution in [3.05, 3.63) is 48.2 Å². The van der Waals surface area contributed by atoms with Gasteiger partial charge in [0.25, 0.3) is 0 Å². The number of carbonyl (C=O) groups is 2. The molecule has 1 amide bonds. The fourth-order valence-corrected chi connectivity index (χ4v) is 2.83. The van der Waals surface area contributed by atoms with Gasteiger partial charge in [0.05, 0.1) is 6.42 Å². The Morgan fingerprint density at radius 1 is 1.12 bits per heavy atom. The Balaban J connectivity index is 1.84. The summed E-state index contributed by atoms with van der Waals surface area (Å²) in [5.74, 6) is -1.06. The molecule has 0 radical (unpaired) electrons. The molecule has 0 aliphatic heterocycles. The molecule has 5 heteroatoms. The van der Waals surface area contributed by atoms with Gasteiger partial charge < -0.3 is 14.8 Å². The molecule has 0 fully saturated rings. The lowest BCUT2D eigenvalue weighted by molar-refractivity contribution is -0.143. The third-order valence-electron chi connectivity index (χ3n) is 4.06. The standard InChI is InChI=1S/C19H19NO4/c1-11(2)18(19(22)23)20-17(21)10-13-9-15-14-6-4-3-5-12(14)7-8-16(15)24-13/h3-9,11,18H,10H2,1-2H3,(H,20,21)(H,22,23). The molecule has 0 spiro atoms. The van der Waals surface area contributed by atoms with Gasteiger partial charge in [0, 0.05) is 5.39 Å². The number of carbonyl (C=O) groups excluding carboxylic acids is 1. The molecular weight excluding hydrogens is 306 g/mol. The van der Waals surface area contributed by atoms with Crippen LogP contribution >= 0.6 is 0 Å². The number of nitrogens with one attached hydrogen (secondary N) is 1. The van der Waals surface area contributed by atoms with Crippen molar-refractivity contribution in [3.63, 3.8) is 0 Å². The summed E-state index contributed by atoms with van der Waals surface area (Å²) in [6.45, 7) is 3.51. The lowest BCUT2D eigenvalue weighted by atomic mass is 10.0. The van der Waals surface area contributed by atoms with Gasteiger partial charge in [-0.3, -0.25) is 4.79 Å². The molecule has 3 rings (SSSR count). The average molecular weight is 325 g/mol. The Bertz CT molecular complexity index is 910. The van der Waals surface area contributed by atoms with E-state index in [1.54, 1.807) is 13.8 Å². The van der Waals surface area contributed by atoms with Gasteiger partial charge in [-0.15, -0.1) is 0 Å². The molecule has 0 bridgehead atoms. The third kappa shape index (κ3) is 3.11. The van der Waals surface area contributed by atoms with Crippen LogP contribution in [-0.2, 0) is 16.0 Å². The first kappa shape index (κ1) is 16.1. The molecule has 0 aliphatic rings. The van der Waals surface area contributed by atoms with Crippen LogP contribution in [-0.4, -0.2) is 23.0 Å². The maximum Gasteiger partial charge on any atom is 0.326 e. The first-order chi connectivity index (χ1) is 11.5. The van der Waals surface area contributed by atoms with Crippen molar-refractivity contribution in [1.29, 1.82) is 0 Å². The summed E-state index contributed by atoms with van der Waals surface area (Å²) in [6, 6.07) is 12.8. The Labute approximate surface area is 139 Å². The SMILES string of the molecule is CC(C)C(NC(=O)Cc1cc2c(ccc3ccccc32)o1)C(=O)O. The predicted molar refractivity (Wildman–Crippen MR) is 91.8 cm³/mol. The Kier molecular flexibility index (Phi) is 4.25. The van der Waals surface area contributed by atoms with E-state index in [0.29, 0.717) is 5.76 Å². The van der Waals surface area contributed by atoms with Crippen LogP contribution in [0.5, 0.6) is 0 Å². The summed E-state index contributed by atoms with van der Waals surface area (Å²) >= 11 is 0. The van der Waals surface area contributed by atoms with Crippen molar-refractivity contribution in [3.8, 4) is 0 Å². The minimum Gasteiger partial charge on any atom is -0.480 e. The molecular formula is C19H19NO4. The van der Waals surface area contributed by atoms with Gasteiger partial charge >= 0.3 is 5.97 Å². The molecule has 5 nitrogen and oxygen atoms in total. The van der Waals surface area contributed by atoms with E-state index in [9.17, 15) is 9.59 Å². The quantitative estimate of drug-likeness (QED) is 0.754. The number of aliphatic carboxylic acids is 1. The second-order valence-corrected chi connectivity index (χ2v) is 6.22. The molecule has 0 aliphatic carbocycles. The van der Waals surface area contributed by atoms with Crippen LogP contribution in [0, 0.1) is 5.92 Å². The topological polar surface area (TPSA) is 79.5 Å². The summed E-state index contributed by atoms with van der Waals surface area (Å²) in [5.41, 5.74) is 0.718. The van der Waals surface area contributed by atoms with E-state index in [0.717, 1.165) is 21.7 Å². The number of rotatable bonds is 5. The van der Waals surface area contributed by atoms with Crippen LogP contribution in [0.15, 0.2) is 46.9 Å². The number of amides is 1. The van der Waals surface area contributed by atoms with Crippen LogP contribution < -0.4 is 5.32 Å². The fraction of sp³-hybridized carbons (Fsp3) is 0.263. The highest BCUT2D eigenvalue weighted by Crippen LogP contribution is 2.28. The first-order valence-corrected chi connectivity index (χ1v) is 7.88. The Morgan fingerprint density at radius 3 is 2.58 bits per heavy atom. The lowest BCUT2D eigenvalue weighted by Crippen LogP contribution is -2.44. The van der Waals surface area contributed by atoms with Gasteiger partial charge in [0.2, 0.25) is 5.91 Å². The number of fused-ring (bicyclic) bond motifs is 3. The van der Waals surface area contributed by atoms with Crippen molar-refractivity contribution in [2.24, 2.45) is 5.92 Å². The molecule has 124 valence electrons. The minimum atomic E-state index is -1.03. The molecule has 1 unspecified atom stereocenters. The molecule has 1 aromatic heterocycles. The highest BCUT2D eigenvalue weighted by molar-refractivity contribution is 6.06. The Morgan fingerprint density at radius 2 is 1.88 bits per heavy atom. The molecule has 1 atom stereocenters. The van der Waals surface area contributed by atoms with Crippen molar-refractivity contribution >= 4 is 33.6 Å². The van der Waals surface area contributed by atoms with Crippen LogP contribution in [0.2, 0.25) is 0 Å². The summed E-state index contributed by atoms with van der Waals surface area (Å²) in [4.78, 5) is 23.3. The third-order valence-corrected chi connectivity index (χ3v) is 4.06. The molecule has 3 aromatic rings. The monoisotopic (exact) mass is 325 g/mol. The highest BCUT2D eigenvalue weighted by Gasteiger charge is 2.24. The van der Waals surface area contributed by atoms with Gasteiger partial charge in [-0.1, -0.05) is 44.2 Å². The van der Waals surface area contributed by atoms with Crippen LogP contribution in [0.25, 0.3) is 21.7 Å². The van der Waals surface area contributed by atoms with Gasteiger partial charge in [-0.2, -0.15) is 0 Å². The average Bonchev–Trinajstić information content (AvgIpc) is 2.94. The summed E-state index contributed by atoms with van der Waals surface area (Å²) < 4.78 is 5.74. The summed E-state index contributed by atoms with van der Waals surface area (Å²) in [6.07, 6.45) is 0.0134. The van der Waals surface area contributed by atoms with Crippen molar-refractivity contribution in [1.82, 2.24) is 5.32 Å². The molecule has 24 heavy (non-hydrogen) atoms. The van der Waals surface area contributed by atoms with Crippen LogP contribution in [0.4, 0.5) is 0 Å². The van der Waals surface area contributed by atoms with Crippen LogP contribution in [0.1, 0.15) is 19.6 Å². The maximum atomic E-state index is 12.1. The summed E-state index contributed by atoms with van der Waals surface area (Å²) in [7, 11) is 0. The molecule has 2 N–H and O–H groups in total. The second-order valence-electron chi connectivity index (χ2n) is 6.22. The van der Waals surface area contributed by atoms with E-state index < -0.39 is 12.0 Å². The van der Waals surface area contributed by atoms with E-state index in [4.69, 9.17) is 9.52 Å². The van der Waals surface area contributed by atoms with Gasteiger partial charge in [-0.25, -0.2) is 4.79 Å². The number of benzene rings is 2. The van der Waals surface area contributed by atoms with E-state index in [-0.39, 0.29) is 18.2 Å². The fourth-order valence-electron chi connectivity index (χ4n) is 2.83. The van der Waals surface area contributed by atoms with E-state index in [1.165, 1.54) is 0 Å². The number of hydrogen-bond donors (Lipinski definition) is 2. The van der Waals surface area contributed by atoms with Crippen molar-refractivity contribution < 1.29 is 19.1 Å². The van der Waals surface area contributed by atoms with E-state index in [2.05, 4.69) is 5.32 Å². The van der Waals surface area contributed by atoms with Gasteiger partial charge in [0.1, 0.15) is 17.4 Å². The predicted octanol–water partition coefficient (Wildman–Crippen LogP) is 3.35. The molecule has 2 aromatic carbocycles. The number of furan rings is 1. The Hall–Kier alpha value is -2.82. The highest BCUT2D eigenvalue weighted by atomic mass is 16.4. The minimum absolute atomic E-state index is 0.0134. The van der Waals surface area contributed by atoms with E-state index in [1.807, 2.05) is 42.5 Å². The second kappa shape index (κ2) is 6.35. The summed E-state index contributed by atoms with van der Waals surface area (Å²) in [5, 5.41) is 14.8. The zero-order valence-corrected chi connectivity index (χ0v) is 13.6. The first-order valence-electron chi connectivity index (χ1n) is 7.88. The largest absolute Gasteiger partial charge is 0.480 e. The number of carboxylic acids is 1. The normalized spacial score (nSPS) is 12.6. The smallest absolute Gasteiger partial charge is 0.326 e. The molecule has 0 saturated carbocycles. The number of carboxylic acid groups (broad SMARTS) is 1. The molecule has 0 saturated heterocycles. The van der Waals surface area contributed by atoms with Crippen molar-refractivity contribution in [2.45, 2.75) is 26.3 Å². The maximum absolute atomic E-state index is 12.1. The number of hydrogen-bond acceptors (Lipinski definition) is 3. The van der Waals surface area contributed by atoms with Crippen LogP contribution in [0.3, 0.4) is 0 Å².